The number of carbonyl (C=O) groups is 3. The number of non-ortho nitro benzene ring substituents is 1. The first kappa shape index (κ1) is 17.0. The van der Waals surface area contributed by atoms with E-state index in [9.17, 15) is 29.6 Å². The minimum Gasteiger partial charge on any atom is -0.459 e. The summed E-state index contributed by atoms with van der Waals surface area (Å²) in [7, 11) is 0. The van der Waals surface area contributed by atoms with Gasteiger partial charge in [0.15, 0.2) is 11.8 Å². The molecular weight excluding hydrogens is 332 g/mol. The number of hydrogen-bond acceptors (Lipinski definition) is 7. The molecular formula is C16H16N2O7. The standard InChI is InChI=1S/C16H16N2O7/c1-9(19)16-6-12(20)14(17(16)13(21)7-16)15(22)25-8-10-2-4-11(5-3-10)18(23)24/h2-5,9,14,19H,6-8H2,1H3/t9-,14?,16+/m1/s1. The Labute approximate surface area is 142 Å². The highest BCUT2D eigenvalue weighted by Crippen LogP contribution is 2.46. The molecule has 0 spiro atoms. The Hall–Kier alpha value is -2.81. The highest BCUT2D eigenvalue weighted by Gasteiger charge is 2.66. The summed E-state index contributed by atoms with van der Waals surface area (Å²) in [5.41, 5.74) is -0.583. The Morgan fingerprint density at radius 3 is 2.56 bits per heavy atom. The number of nitrogens with zero attached hydrogens (tertiary/aromatic N) is 2. The summed E-state index contributed by atoms with van der Waals surface area (Å²) in [4.78, 5) is 47.5. The van der Waals surface area contributed by atoms with Crippen LogP contribution in [0.2, 0.25) is 0 Å². The molecule has 1 amide bonds. The number of fused-ring (bicyclic) bond motifs is 1. The van der Waals surface area contributed by atoms with Gasteiger partial charge in [0.25, 0.3) is 5.69 Å². The quantitative estimate of drug-likeness (QED) is 0.267. The van der Waals surface area contributed by atoms with Crippen molar-refractivity contribution >= 4 is 23.3 Å². The molecule has 0 radical (unpaired) electrons. The lowest BCUT2D eigenvalue weighted by atomic mass is 9.79. The van der Waals surface area contributed by atoms with Crippen LogP contribution in [0.3, 0.4) is 0 Å². The molecule has 2 fully saturated rings. The number of hydrogen-bond donors (Lipinski definition) is 1. The van der Waals surface area contributed by atoms with Crippen LogP contribution in [0, 0.1) is 10.1 Å². The van der Waals surface area contributed by atoms with Gasteiger partial charge in [0, 0.05) is 18.6 Å². The van der Waals surface area contributed by atoms with E-state index >= 15 is 0 Å². The molecule has 2 saturated heterocycles. The molecule has 0 aliphatic carbocycles. The summed E-state index contributed by atoms with van der Waals surface area (Å²) in [5.74, 6) is -1.69. The second kappa shape index (κ2) is 5.92. The number of nitro groups is 1. The molecule has 25 heavy (non-hydrogen) atoms. The number of ketones is 1. The zero-order valence-corrected chi connectivity index (χ0v) is 13.4. The van der Waals surface area contributed by atoms with Crippen LogP contribution in [-0.2, 0) is 25.7 Å². The van der Waals surface area contributed by atoms with Crippen LogP contribution in [0.5, 0.6) is 0 Å². The van der Waals surface area contributed by atoms with Crippen molar-refractivity contribution in [1.29, 1.82) is 0 Å². The Bertz CT molecular complexity index is 758. The summed E-state index contributed by atoms with van der Waals surface area (Å²) in [5, 5.41) is 20.5. The first-order valence-corrected chi connectivity index (χ1v) is 7.69. The number of Topliss-reactive ketones (excluding diaryl/α,β-unsaturated/α-hetero) is 1. The fraction of sp³-hybridized carbons (Fsp3) is 0.438. The molecule has 0 bridgehead atoms. The summed E-state index contributed by atoms with van der Waals surface area (Å²) >= 11 is 0. The van der Waals surface area contributed by atoms with E-state index in [1.165, 1.54) is 31.2 Å². The van der Waals surface area contributed by atoms with Crippen molar-refractivity contribution in [2.24, 2.45) is 0 Å². The Kier molecular flexibility index (Phi) is 4.03. The van der Waals surface area contributed by atoms with E-state index in [0.29, 0.717) is 5.56 Å². The average molecular weight is 348 g/mol. The maximum Gasteiger partial charge on any atom is 0.337 e. The molecule has 0 saturated carbocycles. The topological polar surface area (TPSA) is 127 Å². The zero-order valence-electron chi connectivity index (χ0n) is 13.4. The molecule has 1 aromatic rings. The molecule has 3 rings (SSSR count). The van der Waals surface area contributed by atoms with Crippen LogP contribution in [0.1, 0.15) is 25.3 Å². The minimum atomic E-state index is -1.34. The van der Waals surface area contributed by atoms with E-state index in [2.05, 4.69) is 0 Å². The smallest absolute Gasteiger partial charge is 0.337 e. The summed E-state index contributed by atoms with van der Waals surface area (Å²) in [6.45, 7) is 1.31. The number of benzene rings is 1. The Balaban J connectivity index is 1.68. The van der Waals surface area contributed by atoms with Gasteiger partial charge in [-0.2, -0.15) is 0 Å². The van der Waals surface area contributed by atoms with Gasteiger partial charge in [-0.3, -0.25) is 19.7 Å². The molecule has 9 heteroatoms. The molecule has 0 aromatic heterocycles. The number of esters is 1. The first-order chi connectivity index (χ1) is 11.8. The highest BCUT2D eigenvalue weighted by atomic mass is 16.6. The Morgan fingerprint density at radius 2 is 2.04 bits per heavy atom. The van der Waals surface area contributed by atoms with Crippen LogP contribution < -0.4 is 0 Å². The molecule has 132 valence electrons. The normalized spacial score (nSPS) is 26.0. The molecule has 1 aromatic carbocycles. The van der Waals surface area contributed by atoms with Crippen molar-refractivity contribution in [3.8, 4) is 0 Å². The molecule has 1 N–H and O–H groups in total. The number of amides is 1. The third kappa shape index (κ3) is 2.66. The van der Waals surface area contributed by atoms with E-state index in [1.807, 2.05) is 0 Å². The van der Waals surface area contributed by atoms with E-state index in [1.54, 1.807) is 0 Å². The van der Waals surface area contributed by atoms with Crippen molar-refractivity contribution in [2.45, 2.75) is 44.1 Å². The lowest BCUT2D eigenvalue weighted by Crippen LogP contribution is -2.68. The van der Waals surface area contributed by atoms with Crippen LogP contribution in [0.15, 0.2) is 24.3 Å². The van der Waals surface area contributed by atoms with E-state index < -0.39 is 34.4 Å². The maximum atomic E-state index is 12.3. The number of aliphatic hydroxyl groups is 1. The molecule has 1 unspecified atom stereocenters. The summed E-state index contributed by atoms with van der Waals surface area (Å²) < 4.78 is 5.10. The lowest BCUT2D eigenvalue weighted by Gasteiger charge is -2.49. The molecule has 2 aliphatic rings. The number of ether oxygens (including phenoxy) is 1. The van der Waals surface area contributed by atoms with Gasteiger partial charge in [0.05, 0.1) is 23.0 Å². The third-order valence-electron chi connectivity index (χ3n) is 4.78. The largest absolute Gasteiger partial charge is 0.459 e. The predicted octanol–water partition coefficient (Wildman–Crippen LogP) is 0.331. The van der Waals surface area contributed by atoms with Gasteiger partial charge in [-0.25, -0.2) is 4.79 Å². The highest BCUT2D eigenvalue weighted by molar-refractivity contribution is 6.11. The van der Waals surface area contributed by atoms with E-state index in [4.69, 9.17) is 4.74 Å². The number of carbonyl (C=O) groups excluding carboxylic acids is 3. The van der Waals surface area contributed by atoms with Crippen molar-refractivity contribution in [1.82, 2.24) is 4.90 Å². The predicted molar refractivity (Wildman–Crippen MR) is 82.2 cm³/mol. The molecule has 9 nitrogen and oxygen atoms in total. The third-order valence-corrected chi connectivity index (χ3v) is 4.78. The van der Waals surface area contributed by atoms with Crippen LogP contribution >= 0.6 is 0 Å². The molecule has 3 atom stereocenters. The van der Waals surface area contributed by atoms with Crippen molar-refractivity contribution in [2.75, 3.05) is 0 Å². The van der Waals surface area contributed by atoms with Gasteiger partial charge in [0.1, 0.15) is 6.61 Å². The molecule has 2 heterocycles. The zero-order chi connectivity index (χ0) is 18.4. The van der Waals surface area contributed by atoms with Gasteiger partial charge < -0.3 is 14.7 Å². The van der Waals surface area contributed by atoms with Gasteiger partial charge in [-0.05, 0) is 24.6 Å². The summed E-state index contributed by atoms with van der Waals surface area (Å²) in [6.07, 6.45) is -0.974. The van der Waals surface area contributed by atoms with Crippen LogP contribution in [-0.4, -0.2) is 50.3 Å². The van der Waals surface area contributed by atoms with Crippen molar-refractivity contribution in [3.05, 3.63) is 39.9 Å². The average Bonchev–Trinajstić information content (AvgIpc) is 2.81. The second-order valence-electron chi connectivity index (χ2n) is 6.30. The van der Waals surface area contributed by atoms with E-state index in [-0.39, 0.29) is 31.0 Å². The fourth-order valence-electron chi connectivity index (χ4n) is 3.36. The number of rotatable bonds is 5. The first-order valence-electron chi connectivity index (χ1n) is 7.69. The fourth-order valence-corrected chi connectivity index (χ4v) is 3.36. The van der Waals surface area contributed by atoms with Crippen molar-refractivity contribution < 1.29 is 29.2 Å². The van der Waals surface area contributed by atoms with Crippen LogP contribution in [0.4, 0.5) is 5.69 Å². The number of aliphatic hydroxyl groups excluding tert-OH is 1. The SMILES string of the molecule is C[C@@H](O)[C@@]12CC(=O)C(C(=O)OCc3ccc([N+](=O)[O-])cc3)N1C(=O)C2. The summed E-state index contributed by atoms with van der Waals surface area (Å²) in [6, 6.07) is 4.10. The number of nitro benzene ring substituents is 1. The van der Waals surface area contributed by atoms with E-state index in [0.717, 1.165) is 4.90 Å². The lowest BCUT2D eigenvalue weighted by molar-refractivity contribution is -0.384. The molecule has 2 aliphatic heterocycles. The second-order valence-corrected chi connectivity index (χ2v) is 6.30. The monoisotopic (exact) mass is 348 g/mol. The van der Waals surface area contributed by atoms with Crippen molar-refractivity contribution in [3.63, 3.8) is 0 Å². The van der Waals surface area contributed by atoms with Gasteiger partial charge >= 0.3 is 5.97 Å². The van der Waals surface area contributed by atoms with Gasteiger partial charge in [-0.1, -0.05) is 0 Å². The Morgan fingerprint density at radius 1 is 1.40 bits per heavy atom. The van der Waals surface area contributed by atoms with Gasteiger partial charge in [-0.15, -0.1) is 0 Å². The maximum absolute atomic E-state index is 12.3. The number of β-lactam (4-membered cyclic amide) rings is 1. The van der Waals surface area contributed by atoms with Gasteiger partial charge in [0.2, 0.25) is 5.91 Å². The van der Waals surface area contributed by atoms with Crippen LogP contribution in [0.25, 0.3) is 0 Å². The minimum absolute atomic E-state index is 0.0303.